The van der Waals surface area contributed by atoms with Gasteiger partial charge in [-0.05, 0) is 31.3 Å². The molecule has 1 saturated carbocycles. The van der Waals surface area contributed by atoms with Crippen LogP contribution in [-0.2, 0) is 4.79 Å². The Bertz CT molecular complexity index is 250. The van der Waals surface area contributed by atoms with E-state index in [0.717, 1.165) is 18.6 Å². The summed E-state index contributed by atoms with van der Waals surface area (Å²) in [7, 11) is 0. The highest BCUT2D eigenvalue weighted by Gasteiger charge is 2.17. The summed E-state index contributed by atoms with van der Waals surface area (Å²) in [5, 5.41) is 0. The van der Waals surface area contributed by atoms with Crippen molar-refractivity contribution in [2.24, 2.45) is 4.99 Å². The number of fused-ring (bicyclic) bond motifs is 1. The maximum atomic E-state index is 10.9. The Kier molecular flexibility index (Phi) is 1.60. The zero-order valence-electron chi connectivity index (χ0n) is 6.47. The van der Waals surface area contributed by atoms with Crippen molar-refractivity contribution >= 4 is 11.6 Å². The van der Waals surface area contributed by atoms with Gasteiger partial charge in [-0.25, -0.2) is 4.99 Å². The summed E-state index contributed by atoms with van der Waals surface area (Å²) in [5.74, 6) is 0.0330. The molecule has 0 aromatic carbocycles. The van der Waals surface area contributed by atoms with Gasteiger partial charge in [0.25, 0.3) is 0 Å². The van der Waals surface area contributed by atoms with E-state index in [0.29, 0.717) is 6.42 Å². The number of rotatable bonds is 0. The standard InChI is InChI=1S/C9H11NO/c11-9-6-5-7-3-1-2-4-8(7)10-9/h5H,1-4,6H2. The number of hydrogen-bond donors (Lipinski definition) is 0. The number of dihydropyridines is 1. The molecule has 2 heteroatoms. The van der Waals surface area contributed by atoms with Gasteiger partial charge in [0.05, 0.1) is 0 Å². The minimum absolute atomic E-state index is 0.0330. The minimum Gasteiger partial charge on any atom is -0.272 e. The molecule has 1 heterocycles. The third-order valence-corrected chi connectivity index (χ3v) is 2.26. The summed E-state index contributed by atoms with van der Waals surface area (Å²) >= 11 is 0. The van der Waals surface area contributed by atoms with Crippen molar-refractivity contribution in [3.8, 4) is 0 Å². The zero-order valence-corrected chi connectivity index (χ0v) is 6.47. The van der Waals surface area contributed by atoms with Crippen molar-refractivity contribution in [1.82, 2.24) is 0 Å². The van der Waals surface area contributed by atoms with E-state index in [9.17, 15) is 4.79 Å². The molecular weight excluding hydrogens is 138 g/mol. The van der Waals surface area contributed by atoms with E-state index in [1.54, 1.807) is 0 Å². The quantitative estimate of drug-likeness (QED) is 0.517. The van der Waals surface area contributed by atoms with Crippen LogP contribution in [0.1, 0.15) is 32.1 Å². The molecule has 2 rings (SSSR count). The van der Waals surface area contributed by atoms with Gasteiger partial charge in [0, 0.05) is 12.1 Å². The lowest BCUT2D eigenvalue weighted by molar-refractivity contribution is -0.117. The number of hydrogen-bond acceptors (Lipinski definition) is 1. The zero-order chi connectivity index (χ0) is 7.68. The Morgan fingerprint density at radius 1 is 1.27 bits per heavy atom. The lowest BCUT2D eigenvalue weighted by atomic mass is 9.90. The summed E-state index contributed by atoms with van der Waals surface area (Å²) in [6.45, 7) is 0. The molecule has 1 amide bonds. The molecule has 1 fully saturated rings. The van der Waals surface area contributed by atoms with E-state index >= 15 is 0 Å². The summed E-state index contributed by atoms with van der Waals surface area (Å²) in [6.07, 6.45) is 7.18. The highest BCUT2D eigenvalue weighted by Crippen LogP contribution is 2.24. The van der Waals surface area contributed by atoms with E-state index < -0.39 is 0 Å². The topological polar surface area (TPSA) is 29.4 Å². The monoisotopic (exact) mass is 149 g/mol. The Morgan fingerprint density at radius 3 is 3.00 bits per heavy atom. The van der Waals surface area contributed by atoms with Crippen LogP contribution in [0.15, 0.2) is 16.6 Å². The normalized spacial score (nSPS) is 23.8. The largest absolute Gasteiger partial charge is 0.272 e. The number of allylic oxidation sites excluding steroid dienone is 1. The SMILES string of the molecule is O=C1CC=C2CCCCC2=N1. The molecule has 1 aliphatic heterocycles. The number of aliphatic imine (C=N–C) groups is 1. The van der Waals surface area contributed by atoms with E-state index in [-0.39, 0.29) is 5.91 Å². The Hall–Kier alpha value is -0.920. The fourth-order valence-electron chi connectivity index (χ4n) is 1.67. The highest BCUT2D eigenvalue weighted by atomic mass is 16.1. The van der Waals surface area contributed by atoms with E-state index in [2.05, 4.69) is 4.99 Å². The Balaban J connectivity index is 2.26. The summed E-state index contributed by atoms with van der Waals surface area (Å²) in [4.78, 5) is 14.9. The maximum absolute atomic E-state index is 10.9. The first-order valence-electron chi connectivity index (χ1n) is 4.16. The van der Waals surface area contributed by atoms with Crippen molar-refractivity contribution in [3.63, 3.8) is 0 Å². The molecular formula is C9H11NO. The van der Waals surface area contributed by atoms with Crippen LogP contribution in [0.3, 0.4) is 0 Å². The molecule has 2 nitrogen and oxygen atoms in total. The van der Waals surface area contributed by atoms with Crippen molar-refractivity contribution in [1.29, 1.82) is 0 Å². The van der Waals surface area contributed by atoms with Gasteiger partial charge in [-0.15, -0.1) is 0 Å². The summed E-state index contributed by atoms with van der Waals surface area (Å²) < 4.78 is 0. The molecule has 0 atom stereocenters. The second-order valence-corrected chi connectivity index (χ2v) is 3.09. The summed E-state index contributed by atoms with van der Waals surface area (Å²) in [5.41, 5.74) is 2.39. The first-order valence-corrected chi connectivity index (χ1v) is 4.16. The van der Waals surface area contributed by atoms with Gasteiger partial charge in [0.2, 0.25) is 5.91 Å². The van der Waals surface area contributed by atoms with Crippen molar-refractivity contribution in [2.75, 3.05) is 0 Å². The van der Waals surface area contributed by atoms with Crippen LogP contribution >= 0.6 is 0 Å². The Labute approximate surface area is 66.0 Å². The molecule has 0 unspecified atom stereocenters. The number of carbonyl (C=O) groups excluding carboxylic acids is 1. The number of carbonyl (C=O) groups is 1. The molecule has 0 saturated heterocycles. The molecule has 0 N–H and O–H groups in total. The van der Waals surface area contributed by atoms with Gasteiger partial charge in [0.15, 0.2) is 0 Å². The predicted octanol–water partition coefficient (Wildman–Crippen LogP) is 1.86. The van der Waals surface area contributed by atoms with Gasteiger partial charge in [-0.3, -0.25) is 4.79 Å². The average Bonchev–Trinajstić information content (AvgIpc) is 2.04. The van der Waals surface area contributed by atoms with Crippen LogP contribution in [0, 0.1) is 0 Å². The van der Waals surface area contributed by atoms with Crippen molar-refractivity contribution in [3.05, 3.63) is 11.6 Å². The molecule has 0 aromatic rings. The number of amides is 1. The molecule has 2 aliphatic rings. The van der Waals surface area contributed by atoms with E-state index in [1.165, 1.54) is 18.4 Å². The van der Waals surface area contributed by atoms with Crippen LogP contribution in [0.5, 0.6) is 0 Å². The minimum atomic E-state index is 0.0330. The highest BCUT2D eigenvalue weighted by molar-refractivity contribution is 6.09. The van der Waals surface area contributed by atoms with Crippen molar-refractivity contribution in [2.45, 2.75) is 32.1 Å². The van der Waals surface area contributed by atoms with Crippen molar-refractivity contribution < 1.29 is 4.79 Å². The van der Waals surface area contributed by atoms with Gasteiger partial charge < -0.3 is 0 Å². The van der Waals surface area contributed by atoms with E-state index in [4.69, 9.17) is 0 Å². The molecule has 58 valence electrons. The Morgan fingerprint density at radius 2 is 2.09 bits per heavy atom. The first-order chi connectivity index (χ1) is 5.36. The third-order valence-electron chi connectivity index (χ3n) is 2.26. The smallest absolute Gasteiger partial charge is 0.249 e. The molecule has 0 aromatic heterocycles. The van der Waals surface area contributed by atoms with Crippen LogP contribution in [-0.4, -0.2) is 11.6 Å². The molecule has 0 spiro atoms. The van der Waals surface area contributed by atoms with Crippen LogP contribution in [0.4, 0.5) is 0 Å². The lowest BCUT2D eigenvalue weighted by Gasteiger charge is -2.18. The average molecular weight is 149 g/mol. The van der Waals surface area contributed by atoms with Gasteiger partial charge in [-0.2, -0.15) is 0 Å². The molecule has 0 radical (unpaired) electrons. The van der Waals surface area contributed by atoms with Gasteiger partial charge in [0.1, 0.15) is 0 Å². The first kappa shape index (κ1) is 6.77. The summed E-state index contributed by atoms with van der Waals surface area (Å²) in [6, 6.07) is 0. The van der Waals surface area contributed by atoms with E-state index in [1.807, 2.05) is 6.08 Å². The fraction of sp³-hybridized carbons (Fsp3) is 0.556. The fourth-order valence-corrected chi connectivity index (χ4v) is 1.67. The molecule has 11 heavy (non-hydrogen) atoms. The third kappa shape index (κ3) is 1.25. The maximum Gasteiger partial charge on any atom is 0.249 e. The van der Waals surface area contributed by atoms with Crippen LogP contribution in [0.25, 0.3) is 0 Å². The molecule has 0 bridgehead atoms. The predicted molar refractivity (Wildman–Crippen MR) is 43.6 cm³/mol. The van der Waals surface area contributed by atoms with Gasteiger partial charge >= 0.3 is 0 Å². The van der Waals surface area contributed by atoms with Crippen LogP contribution in [0.2, 0.25) is 0 Å². The second-order valence-electron chi connectivity index (χ2n) is 3.09. The molecule has 1 aliphatic carbocycles. The number of nitrogens with zero attached hydrogens (tertiary/aromatic N) is 1. The van der Waals surface area contributed by atoms with Crippen LogP contribution < -0.4 is 0 Å². The second kappa shape index (κ2) is 2.61. The lowest BCUT2D eigenvalue weighted by Crippen LogP contribution is -2.15. The van der Waals surface area contributed by atoms with Gasteiger partial charge in [-0.1, -0.05) is 6.08 Å².